The van der Waals surface area contributed by atoms with Gasteiger partial charge in [-0.3, -0.25) is 9.59 Å². The van der Waals surface area contributed by atoms with Crippen LogP contribution < -0.4 is 20.5 Å². The van der Waals surface area contributed by atoms with Crippen LogP contribution in [0, 0.1) is 11.3 Å². The highest BCUT2D eigenvalue weighted by atomic mass is 16.5. The van der Waals surface area contributed by atoms with E-state index in [1.807, 2.05) is 44.2 Å². The van der Waals surface area contributed by atoms with Crippen molar-refractivity contribution in [3.63, 3.8) is 0 Å². The van der Waals surface area contributed by atoms with Crippen LogP contribution in [0.25, 0.3) is 0 Å². The van der Waals surface area contributed by atoms with Crippen LogP contribution in [-0.4, -0.2) is 58.8 Å². The molecule has 11 heteroatoms. The van der Waals surface area contributed by atoms with Gasteiger partial charge in [0.25, 0.3) is 17.7 Å². The fraction of sp³-hybridized carbons (Fsp3) is 0.219. The summed E-state index contributed by atoms with van der Waals surface area (Å²) >= 11 is 0. The molecule has 0 fully saturated rings. The van der Waals surface area contributed by atoms with Gasteiger partial charge in [-0.2, -0.15) is 15.2 Å². The zero-order valence-electron chi connectivity index (χ0n) is 24.5. The number of benzene rings is 3. The average Bonchev–Trinajstić information content (AvgIpc) is 3.02. The molecule has 4 rings (SSSR count). The number of aromatic nitrogens is 2. The van der Waals surface area contributed by atoms with Gasteiger partial charge in [0.2, 0.25) is 0 Å². The number of hydrogen-bond donors (Lipinski definition) is 2. The minimum Gasteiger partial charge on any atom is -0.437 e. The molecule has 2 amide bonds. The van der Waals surface area contributed by atoms with Crippen molar-refractivity contribution in [2.75, 3.05) is 38.2 Å². The number of nitrogens with two attached hydrogens (primary N) is 1. The van der Waals surface area contributed by atoms with Crippen molar-refractivity contribution in [3.05, 3.63) is 95.1 Å². The van der Waals surface area contributed by atoms with Crippen LogP contribution in [0.2, 0.25) is 0 Å². The van der Waals surface area contributed by atoms with E-state index >= 15 is 0 Å². The summed E-state index contributed by atoms with van der Waals surface area (Å²) in [6.07, 6.45) is 0. The van der Waals surface area contributed by atoms with E-state index in [1.54, 1.807) is 55.4 Å². The van der Waals surface area contributed by atoms with E-state index in [0.29, 0.717) is 36.5 Å². The monoisotopic (exact) mass is 579 g/mol. The predicted octanol–water partition coefficient (Wildman–Crippen LogP) is 5.31. The number of carbonyl (C=O) groups is 2. The molecule has 220 valence electrons. The zero-order chi connectivity index (χ0) is 30.9. The van der Waals surface area contributed by atoms with E-state index in [1.165, 1.54) is 11.0 Å². The van der Waals surface area contributed by atoms with Crippen LogP contribution in [0.5, 0.6) is 23.4 Å². The second kappa shape index (κ2) is 13.8. The molecule has 0 saturated heterocycles. The maximum Gasteiger partial charge on any atom is 0.327 e. The Labute approximate surface area is 250 Å². The minimum absolute atomic E-state index is 0.0249. The third-order valence-corrected chi connectivity index (χ3v) is 6.49. The highest BCUT2D eigenvalue weighted by molar-refractivity contribution is 5.97. The van der Waals surface area contributed by atoms with Gasteiger partial charge >= 0.3 is 6.01 Å². The topological polar surface area (TPSA) is 147 Å². The number of rotatable bonds is 11. The fourth-order valence-electron chi connectivity index (χ4n) is 4.16. The molecule has 0 bridgehead atoms. The zero-order valence-corrected chi connectivity index (χ0v) is 24.5. The Morgan fingerprint density at radius 1 is 0.930 bits per heavy atom. The quantitative estimate of drug-likeness (QED) is 0.241. The lowest BCUT2D eigenvalue weighted by Crippen LogP contribution is -2.30. The number of carbonyl (C=O) groups excluding carboxylic acids is 2. The van der Waals surface area contributed by atoms with E-state index in [0.717, 1.165) is 5.56 Å². The number of anilines is 2. The van der Waals surface area contributed by atoms with Crippen LogP contribution >= 0.6 is 0 Å². The molecule has 11 nitrogen and oxygen atoms in total. The smallest absolute Gasteiger partial charge is 0.327 e. The van der Waals surface area contributed by atoms with Crippen molar-refractivity contribution in [1.29, 1.82) is 5.26 Å². The third-order valence-electron chi connectivity index (χ3n) is 6.49. The lowest BCUT2D eigenvalue weighted by atomic mass is 10.1. The van der Waals surface area contributed by atoms with E-state index < -0.39 is 0 Å². The number of nitrogens with one attached hydrogen (secondary N) is 1. The summed E-state index contributed by atoms with van der Waals surface area (Å²) in [5.41, 5.74) is 8.51. The SMILES string of the molecule is CCN(CC)C(=O)c1ccc(C#N)cc1Oc1nc(NCc2ccccc2)c(N)c(Oc2cccc(C(=O)N(C)C)c2)n1. The normalized spacial score (nSPS) is 10.4. The highest BCUT2D eigenvalue weighted by Gasteiger charge is 2.22. The van der Waals surface area contributed by atoms with Gasteiger partial charge in [0, 0.05) is 39.3 Å². The second-order valence-corrected chi connectivity index (χ2v) is 9.64. The number of amides is 2. The Balaban J connectivity index is 1.76. The second-order valence-electron chi connectivity index (χ2n) is 9.64. The number of ether oxygens (including phenoxy) is 2. The largest absolute Gasteiger partial charge is 0.437 e. The van der Waals surface area contributed by atoms with E-state index in [9.17, 15) is 14.9 Å². The summed E-state index contributed by atoms with van der Waals surface area (Å²) in [6, 6.07) is 22.7. The summed E-state index contributed by atoms with van der Waals surface area (Å²) in [5.74, 6) is 0.182. The summed E-state index contributed by atoms with van der Waals surface area (Å²) in [4.78, 5) is 37.8. The Morgan fingerprint density at radius 3 is 2.35 bits per heavy atom. The predicted molar refractivity (Wildman–Crippen MR) is 163 cm³/mol. The van der Waals surface area contributed by atoms with E-state index in [-0.39, 0.29) is 46.5 Å². The van der Waals surface area contributed by atoms with E-state index in [4.69, 9.17) is 15.2 Å². The van der Waals surface area contributed by atoms with Crippen molar-refractivity contribution in [1.82, 2.24) is 19.8 Å². The summed E-state index contributed by atoms with van der Waals surface area (Å²) in [7, 11) is 3.32. The minimum atomic E-state index is -0.263. The van der Waals surface area contributed by atoms with Gasteiger partial charge in [-0.1, -0.05) is 36.4 Å². The molecule has 3 aromatic carbocycles. The Hall–Kier alpha value is -5.63. The maximum atomic E-state index is 13.3. The van der Waals surface area contributed by atoms with Crippen LogP contribution in [-0.2, 0) is 6.54 Å². The van der Waals surface area contributed by atoms with Gasteiger partial charge in [0.15, 0.2) is 5.82 Å². The molecule has 0 aliphatic heterocycles. The first-order valence-corrected chi connectivity index (χ1v) is 13.7. The average molecular weight is 580 g/mol. The lowest BCUT2D eigenvalue weighted by molar-refractivity contribution is 0.0769. The Morgan fingerprint density at radius 2 is 1.67 bits per heavy atom. The summed E-state index contributed by atoms with van der Waals surface area (Å²) in [5, 5.41) is 12.7. The molecule has 1 heterocycles. The standard InChI is InChI=1S/C32H33N7O4/c1-5-39(6-2)31(41)25-16-15-22(19-33)17-26(25)43-32-36-28(35-20-21-11-8-7-9-12-21)27(34)29(37-32)42-24-14-10-13-23(18-24)30(40)38(3)4/h7-18H,5-6,20,34H2,1-4H3,(H,35,36,37). The van der Waals surface area contributed by atoms with E-state index in [2.05, 4.69) is 21.4 Å². The van der Waals surface area contributed by atoms with Crippen LogP contribution in [0.4, 0.5) is 11.5 Å². The Bertz CT molecular complexity index is 1650. The van der Waals surface area contributed by atoms with Crippen molar-refractivity contribution in [2.45, 2.75) is 20.4 Å². The van der Waals surface area contributed by atoms with Gasteiger partial charge in [0.05, 0.1) is 17.2 Å². The van der Waals surface area contributed by atoms with Crippen LogP contribution in [0.15, 0.2) is 72.8 Å². The van der Waals surface area contributed by atoms with Crippen molar-refractivity contribution in [2.24, 2.45) is 0 Å². The molecule has 0 aliphatic carbocycles. The highest BCUT2D eigenvalue weighted by Crippen LogP contribution is 2.35. The first-order valence-electron chi connectivity index (χ1n) is 13.7. The third kappa shape index (κ3) is 7.37. The van der Waals surface area contributed by atoms with Crippen LogP contribution in [0.3, 0.4) is 0 Å². The van der Waals surface area contributed by atoms with Gasteiger partial charge in [-0.05, 0) is 55.8 Å². The van der Waals surface area contributed by atoms with Gasteiger partial charge in [0.1, 0.15) is 17.2 Å². The Kier molecular flexibility index (Phi) is 9.75. The maximum absolute atomic E-state index is 13.3. The summed E-state index contributed by atoms with van der Waals surface area (Å²) in [6.45, 7) is 5.14. The van der Waals surface area contributed by atoms with Gasteiger partial charge in [-0.15, -0.1) is 0 Å². The molecular weight excluding hydrogens is 546 g/mol. The van der Waals surface area contributed by atoms with Crippen molar-refractivity contribution in [3.8, 4) is 29.5 Å². The number of nitriles is 1. The van der Waals surface area contributed by atoms with Gasteiger partial charge in [-0.25, -0.2) is 0 Å². The fourth-order valence-corrected chi connectivity index (χ4v) is 4.16. The number of hydrogen-bond acceptors (Lipinski definition) is 9. The molecule has 43 heavy (non-hydrogen) atoms. The molecule has 0 radical (unpaired) electrons. The summed E-state index contributed by atoms with van der Waals surface area (Å²) < 4.78 is 12.1. The van der Waals surface area contributed by atoms with Gasteiger partial charge < -0.3 is 30.3 Å². The van der Waals surface area contributed by atoms with Crippen LogP contribution in [0.1, 0.15) is 45.7 Å². The number of nitrogen functional groups attached to an aromatic ring is 1. The van der Waals surface area contributed by atoms with Crippen molar-refractivity contribution < 1.29 is 19.1 Å². The molecule has 1 aromatic heterocycles. The molecule has 4 aromatic rings. The molecule has 0 aliphatic rings. The molecule has 0 saturated carbocycles. The molecule has 0 spiro atoms. The molecule has 0 unspecified atom stereocenters. The number of nitrogens with zero attached hydrogens (tertiary/aromatic N) is 5. The first kappa shape index (κ1) is 30.3. The lowest BCUT2D eigenvalue weighted by Gasteiger charge is -2.20. The molecule has 3 N–H and O–H groups in total. The first-order chi connectivity index (χ1) is 20.7. The molecular formula is C32H33N7O4. The van der Waals surface area contributed by atoms with Crippen molar-refractivity contribution >= 4 is 23.3 Å². The molecule has 0 atom stereocenters.